The lowest BCUT2D eigenvalue weighted by Crippen LogP contribution is -2.28. The number of anilines is 1. The molecule has 0 atom stereocenters. The molecule has 0 fully saturated rings. The van der Waals surface area contributed by atoms with Crippen molar-refractivity contribution in [3.05, 3.63) is 65.7 Å². The molecule has 2 N–H and O–H groups in total. The first-order valence-corrected chi connectivity index (χ1v) is 7.35. The number of hydrogen-bond donors (Lipinski definition) is 2. The normalized spacial score (nSPS) is 10.3. The minimum atomic E-state index is 0.000288. The van der Waals surface area contributed by atoms with Crippen LogP contribution < -0.4 is 10.6 Å². The van der Waals surface area contributed by atoms with Gasteiger partial charge in [0.2, 0.25) is 5.91 Å². The van der Waals surface area contributed by atoms with Crippen LogP contribution in [0, 0.1) is 6.92 Å². The molecular formula is C18H22N2O. The Kier molecular flexibility index (Phi) is 5.98. The van der Waals surface area contributed by atoms with Gasteiger partial charge in [0, 0.05) is 5.69 Å². The summed E-state index contributed by atoms with van der Waals surface area (Å²) in [6.45, 7) is 3.20. The van der Waals surface area contributed by atoms with Crippen molar-refractivity contribution < 1.29 is 4.79 Å². The van der Waals surface area contributed by atoms with Crippen molar-refractivity contribution in [2.24, 2.45) is 0 Å². The second-order valence-corrected chi connectivity index (χ2v) is 5.18. The summed E-state index contributed by atoms with van der Waals surface area (Å²) in [7, 11) is 0. The first kappa shape index (κ1) is 15.3. The summed E-state index contributed by atoms with van der Waals surface area (Å²) in [5.41, 5.74) is 3.33. The standard InChI is InChI=1S/C18H22N2O/c1-15-7-5-11-17(13-15)20-18(21)14-19-12-6-10-16-8-3-2-4-9-16/h2-5,7-9,11,13,19H,6,10,12,14H2,1H3,(H,20,21). The lowest BCUT2D eigenvalue weighted by Gasteiger charge is -2.07. The second-order valence-electron chi connectivity index (χ2n) is 5.18. The molecule has 0 spiro atoms. The van der Waals surface area contributed by atoms with Crippen molar-refractivity contribution in [2.75, 3.05) is 18.4 Å². The summed E-state index contributed by atoms with van der Waals surface area (Å²) in [4.78, 5) is 11.8. The van der Waals surface area contributed by atoms with E-state index in [9.17, 15) is 4.79 Å². The number of carbonyl (C=O) groups excluding carboxylic acids is 1. The van der Waals surface area contributed by atoms with Crippen LogP contribution in [-0.2, 0) is 11.2 Å². The average molecular weight is 282 g/mol. The van der Waals surface area contributed by atoms with Gasteiger partial charge in [0.05, 0.1) is 6.54 Å². The predicted octanol–water partition coefficient (Wildman–Crippen LogP) is 3.16. The Bertz CT molecular complexity index is 566. The van der Waals surface area contributed by atoms with Gasteiger partial charge in [-0.1, -0.05) is 42.5 Å². The molecule has 0 bridgehead atoms. The van der Waals surface area contributed by atoms with Crippen molar-refractivity contribution in [2.45, 2.75) is 19.8 Å². The first-order chi connectivity index (χ1) is 10.2. The molecule has 0 aromatic heterocycles. The van der Waals surface area contributed by atoms with Gasteiger partial charge in [-0.2, -0.15) is 0 Å². The molecule has 3 heteroatoms. The predicted molar refractivity (Wildman–Crippen MR) is 87.4 cm³/mol. The largest absolute Gasteiger partial charge is 0.325 e. The molecule has 21 heavy (non-hydrogen) atoms. The molecule has 0 saturated carbocycles. The van der Waals surface area contributed by atoms with E-state index in [1.165, 1.54) is 5.56 Å². The van der Waals surface area contributed by atoms with Crippen LogP contribution in [0.3, 0.4) is 0 Å². The average Bonchev–Trinajstić information content (AvgIpc) is 2.48. The molecule has 1 amide bonds. The fraction of sp³-hybridized carbons (Fsp3) is 0.278. The van der Waals surface area contributed by atoms with Crippen LogP contribution in [0.5, 0.6) is 0 Å². The molecular weight excluding hydrogens is 260 g/mol. The van der Waals surface area contributed by atoms with E-state index in [1.54, 1.807) is 0 Å². The van der Waals surface area contributed by atoms with Crippen molar-refractivity contribution in [3.8, 4) is 0 Å². The fourth-order valence-electron chi connectivity index (χ4n) is 2.19. The minimum Gasteiger partial charge on any atom is -0.325 e. The third kappa shape index (κ3) is 5.79. The minimum absolute atomic E-state index is 0.000288. The van der Waals surface area contributed by atoms with E-state index in [4.69, 9.17) is 0 Å². The summed E-state index contributed by atoms with van der Waals surface area (Å²) in [5.74, 6) is 0.000288. The molecule has 0 aliphatic rings. The highest BCUT2D eigenvalue weighted by Crippen LogP contribution is 2.08. The van der Waals surface area contributed by atoms with Crippen LogP contribution in [-0.4, -0.2) is 19.0 Å². The molecule has 2 aromatic carbocycles. The highest BCUT2D eigenvalue weighted by atomic mass is 16.1. The molecule has 110 valence electrons. The van der Waals surface area contributed by atoms with E-state index in [0.717, 1.165) is 30.6 Å². The van der Waals surface area contributed by atoms with Crippen LogP contribution >= 0.6 is 0 Å². The zero-order chi connectivity index (χ0) is 14.9. The smallest absolute Gasteiger partial charge is 0.238 e. The second kappa shape index (κ2) is 8.22. The van der Waals surface area contributed by atoms with Gasteiger partial charge in [0.25, 0.3) is 0 Å². The third-order valence-corrected chi connectivity index (χ3v) is 3.25. The number of benzene rings is 2. The number of hydrogen-bond acceptors (Lipinski definition) is 2. The number of rotatable bonds is 7. The maximum Gasteiger partial charge on any atom is 0.238 e. The van der Waals surface area contributed by atoms with Crippen LogP contribution in [0.25, 0.3) is 0 Å². The quantitative estimate of drug-likeness (QED) is 0.766. The molecule has 0 radical (unpaired) electrons. The van der Waals surface area contributed by atoms with Crippen LogP contribution in [0.15, 0.2) is 54.6 Å². The first-order valence-electron chi connectivity index (χ1n) is 7.35. The van der Waals surface area contributed by atoms with Gasteiger partial charge in [-0.05, 0) is 49.6 Å². The van der Waals surface area contributed by atoms with Crippen molar-refractivity contribution in [1.82, 2.24) is 5.32 Å². The lowest BCUT2D eigenvalue weighted by atomic mass is 10.1. The molecule has 0 saturated heterocycles. The molecule has 0 heterocycles. The lowest BCUT2D eigenvalue weighted by molar-refractivity contribution is -0.115. The Labute approximate surface area is 126 Å². The van der Waals surface area contributed by atoms with Gasteiger partial charge < -0.3 is 10.6 Å². The van der Waals surface area contributed by atoms with E-state index in [1.807, 2.05) is 37.3 Å². The van der Waals surface area contributed by atoms with Crippen molar-refractivity contribution in [1.29, 1.82) is 0 Å². The van der Waals surface area contributed by atoms with Crippen molar-refractivity contribution in [3.63, 3.8) is 0 Å². The van der Waals surface area contributed by atoms with Gasteiger partial charge in [-0.3, -0.25) is 4.79 Å². The van der Waals surface area contributed by atoms with Gasteiger partial charge in [-0.15, -0.1) is 0 Å². The zero-order valence-electron chi connectivity index (χ0n) is 12.4. The summed E-state index contributed by atoms with van der Waals surface area (Å²) >= 11 is 0. The van der Waals surface area contributed by atoms with E-state index in [-0.39, 0.29) is 5.91 Å². The Morgan fingerprint density at radius 2 is 1.86 bits per heavy atom. The summed E-state index contributed by atoms with van der Waals surface area (Å²) in [6.07, 6.45) is 2.06. The number of amides is 1. The third-order valence-electron chi connectivity index (χ3n) is 3.25. The molecule has 2 rings (SSSR count). The van der Waals surface area contributed by atoms with Crippen LogP contribution in [0.1, 0.15) is 17.5 Å². The summed E-state index contributed by atoms with van der Waals surface area (Å²) < 4.78 is 0. The molecule has 3 nitrogen and oxygen atoms in total. The summed E-state index contributed by atoms with van der Waals surface area (Å²) in [5, 5.41) is 6.07. The van der Waals surface area contributed by atoms with Gasteiger partial charge in [0.1, 0.15) is 0 Å². The van der Waals surface area contributed by atoms with Crippen LogP contribution in [0.2, 0.25) is 0 Å². The fourth-order valence-corrected chi connectivity index (χ4v) is 2.19. The number of aryl methyl sites for hydroxylation is 2. The Morgan fingerprint density at radius 3 is 2.62 bits per heavy atom. The van der Waals surface area contributed by atoms with E-state index < -0.39 is 0 Å². The molecule has 0 unspecified atom stereocenters. The zero-order valence-corrected chi connectivity index (χ0v) is 12.4. The Balaban J connectivity index is 1.61. The van der Waals surface area contributed by atoms with E-state index in [0.29, 0.717) is 6.54 Å². The monoisotopic (exact) mass is 282 g/mol. The topological polar surface area (TPSA) is 41.1 Å². The van der Waals surface area contributed by atoms with Crippen molar-refractivity contribution >= 4 is 11.6 Å². The number of nitrogens with one attached hydrogen (secondary N) is 2. The molecule has 0 aliphatic carbocycles. The summed E-state index contributed by atoms with van der Waals surface area (Å²) in [6, 6.07) is 18.2. The highest BCUT2D eigenvalue weighted by molar-refractivity contribution is 5.92. The number of carbonyl (C=O) groups is 1. The van der Waals surface area contributed by atoms with E-state index >= 15 is 0 Å². The highest BCUT2D eigenvalue weighted by Gasteiger charge is 2.01. The molecule has 0 aliphatic heterocycles. The maximum absolute atomic E-state index is 11.8. The van der Waals surface area contributed by atoms with E-state index in [2.05, 4.69) is 34.9 Å². The SMILES string of the molecule is Cc1cccc(NC(=O)CNCCCc2ccccc2)c1. The van der Waals surface area contributed by atoms with Gasteiger partial charge in [0.15, 0.2) is 0 Å². The molecule has 2 aromatic rings. The van der Waals surface area contributed by atoms with Crippen LogP contribution in [0.4, 0.5) is 5.69 Å². The van der Waals surface area contributed by atoms with Gasteiger partial charge in [-0.25, -0.2) is 0 Å². The maximum atomic E-state index is 11.8. The Morgan fingerprint density at radius 1 is 1.05 bits per heavy atom. The van der Waals surface area contributed by atoms with Gasteiger partial charge >= 0.3 is 0 Å². The Hall–Kier alpha value is -2.13.